The van der Waals surface area contributed by atoms with E-state index in [-0.39, 0.29) is 0 Å². The van der Waals surface area contributed by atoms with Crippen LogP contribution in [0.4, 0.5) is 5.69 Å². The summed E-state index contributed by atoms with van der Waals surface area (Å²) < 4.78 is 0. The summed E-state index contributed by atoms with van der Waals surface area (Å²) in [5.74, 6) is 0.418. The maximum absolute atomic E-state index is 8.78. The number of thioether (sulfide) groups is 1. The van der Waals surface area contributed by atoms with Crippen molar-refractivity contribution in [3.8, 4) is 6.07 Å². The van der Waals surface area contributed by atoms with Crippen molar-refractivity contribution in [3.05, 3.63) is 22.3 Å². The smallest absolute Gasteiger partial charge is 0.123 e. The Bertz CT molecular complexity index is 555. The molecular formula is C14H18ClN3S. The van der Waals surface area contributed by atoms with E-state index in [2.05, 4.69) is 44.3 Å². The van der Waals surface area contributed by atoms with Crippen LogP contribution in [-0.2, 0) is 0 Å². The molecule has 0 saturated carbocycles. The SMILES string of the molecule is C/C(Cl)=N/Nc1c(C)c(C)c(C)c(C)c1SCC#N. The first-order valence-electron chi connectivity index (χ1n) is 5.96. The van der Waals surface area contributed by atoms with E-state index in [1.807, 2.05) is 0 Å². The zero-order valence-corrected chi connectivity index (χ0v) is 13.5. The Morgan fingerprint density at radius 1 is 1.21 bits per heavy atom. The van der Waals surface area contributed by atoms with Gasteiger partial charge >= 0.3 is 0 Å². The van der Waals surface area contributed by atoms with Crippen molar-refractivity contribution < 1.29 is 0 Å². The number of hydrogen-bond donors (Lipinski definition) is 1. The molecule has 0 aliphatic heterocycles. The summed E-state index contributed by atoms with van der Waals surface area (Å²) >= 11 is 7.30. The topological polar surface area (TPSA) is 48.2 Å². The molecule has 1 aromatic carbocycles. The van der Waals surface area contributed by atoms with E-state index in [1.54, 1.807) is 6.92 Å². The van der Waals surface area contributed by atoms with Crippen LogP contribution < -0.4 is 5.43 Å². The van der Waals surface area contributed by atoms with Crippen LogP contribution in [0.25, 0.3) is 0 Å². The molecule has 5 heteroatoms. The fourth-order valence-electron chi connectivity index (χ4n) is 1.83. The van der Waals surface area contributed by atoms with Crippen LogP contribution >= 0.6 is 23.4 Å². The molecule has 1 N–H and O–H groups in total. The van der Waals surface area contributed by atoms with Gasteiger partial charge < -0.3 is 0 Å². The average molecular weight is 296 g/mol. The van der Waals surface area contributed by atoms with E-state index in [0.717, 1.165) is 16.1 Å². The predicted octanol–water partition coefficient (Wildman–Crippen LogP) is 4.52. The van der Waals surface area contributed by atoms with E-state index in [4.69, 9.17) is 16.9 Å². The largest absolute Gasteiger partial charge is 0.276 e. The molecule has 0 amide bonds. The molecule has 0 aromatic heterocycles. The van der Waals surface area contributed by atoms with E-state index in [1.165, 1.54) is 28.5 Å². The molecule has 0 aliphatic carbocycles. The Hall–Kier alpha value is -1.18. The van der Waals surface area contributed by atoms with Gasteiger partial charge in [0.2, 0.25) is 0 Å². The second-order valence-corrected chi connectivity index (χ2v) is 5.90. The van der Waals surface area contributed by atoms with Crippen molar-refractivity contribution in [2.75, 3.05) is 11.2 Å². The molecule has 1 rings (SSSR count). The summed E-state index contributed by atoms with van der Waals surface area (Å²) in [4.78, 5) is 1.07. The molecule has 102 valence electrons. The predicted molar refractivity (Wildman–Crippen MR) is 84.3 cm³/mol. The van der Waals surface area contributed by atoms with Crippen LogP contribution in [0.2, 0.25) is 0 Å². The Morgan fingerprint density at radius 3 is 2.32 bits per heavy atom. The summed E-state index contributed by atoms with van der Waals surface area (Å²) in [6.45, 7) is 10.1. The lowest BCUT2D eigenvalue weighted by molar-refractivity contribution is 1.12. The van der Waals surface area contributed by atoms with E-state index >= 15 is 0 Å². The van der Waals surface area contributed by atoms with Gasteiger partial charge in [0.05, 0.1) is 17.5 Å². The summed E-state index contributed by atoms with van der Waals surface area (Å²) in [5.41, 5.74) is 8.80. The molecule has 0 heterocycles. The first kappa shape index (κ1) is 15.9. The van der Waals surface area contributed by atoms with Crippen LogP contribution in [0.1, 0.15) is 29.2 Å². The van der Waals surface area contributed by atoms with E-state index in [0.29, 0.717) is 10.9 Å². The highest BCUT2D eigenvalue weighted by molar-refractivity contribution is 7.99. The van der Waals surface area contributed by atoms with Crippen molar-refractivity contribution in [3.63, 3.8) is 0 Å². The molecule has 0 spiro atoms. The lowest BCUT2D eigenvalue weighted by Crippen LogP contribution is -2.03. The van der Waals surface area contributed by atoms with Gasteiger partial charge in [-0.05, 0) is 56.9 Å². The van der Waals surface area contributed by atoms with Gasteiger partial charge in [-0.25, -0.2) is 0 Å². The third kappa shape index (κ3) is 3.65. The Balaban J connectivity index is 3.39. The Labute approximate surface area is 124 Å². The molecule has 0 fully saturated rings. The molecule has 0 radical (unpaired) electrons. The number of rotatable bonds is 4. The van der Waals surface area contributed by atoms with Crippen LogP contribution in [0.5, 0.6) is 0 Å². The fraction of sp³-hybridized carbons (Fsp3) is 0.429. The summed E-state index contributed by atoms with van der Waals surface area (Å²) in [6, 6.07) is 2.16. The van der Waals surface area contributed by atoms with Gasteiger partial charge in [-0.3, -0.25) is 5.43 Å². The minimum atomic E-state index is 0.418. The van der Waals surface area contributed by atoms with Gasteiger partial charge in [0.1, 0.15) is 5.17 Å². The molecule has 3 nitrogen and oxygen atoms in total. The third-order valence-electron chi connectivity index (χ3n) is 3.23. The number of benzene rings is 1. The quantitative estimate of drug-likeness (QED) is 0.505. The number of halogens is 1. The standard InChI is InChI=1S/C14H18ClN3S/c1-8-9(2)11(4)14(19-7-6-16)13(10(8)3)18-17-12(5)15/h18H,7H2,1-5H3/b17-12-. The van der Waals surface area contributed by atoms with Gasteiger partial charge in [-0.15, -0.1) is 11.8 Å². The fourth-order valence-corrected chi connectivity index (χ4v) is 2.79. The first-order valence-corrected chi connectivity index (χ1v) is 7.32. The number of hydrogen-bond acceptors (Lipinski definition) is 4. The van der Waals surface area contributed by atoms with Crippen LogP contribution in [0.3, 0.4) is 0 Å². The normalized spacial score (nSPS) is 11.3. The molecule has 1 aromatic rings. The van der Waals surface area contributed by atoms with Crippen molar-refractivity contribution >= 4 is 34.2 Å². The number of hydrazone groups is 1. The average Bonchev–Trinajstić information content (AvgIpc) is 2.37. The second kappa shape index (κ2) is 6.83. The highest BCUT2D eigenvalue weighted by atomic mass is 35.5. The zero-order chi connectivity index (χ0) is 14.6. The molecule has 0 atom stereocenters. The first-order chi connectivity index (χ1) is 8.90. The molecule has 0 saturated heterocycles. The van der Waals surface area contributed by atoms with Gasteiger partial charge in [0.15, 0.2) is 0 Å². The van der Waals surface area contributed by atoms with Gasteiger partial charge in [-0.2, -0.15) is 10.4 Å². The van der Waals surface area contributed by atoms with Crippen LogP contribution in [0.15, 0.2) is 10.00 Å². The molecule has 0 unspecified atom stereocenters. The number of anilines is 1. The van der Waals surface area contributed by atoms with Crippen LogP contribution in [-0.4, -0.2) is 10.9 Å². The highest BCUT2D eigenvalue weighted by Crippen LogP contribution is 2.37. The van der Waals surface area contributed by atoms with Crippen molar-refractivity contribution in [2.24, 2.45) is 5.10 Å². The highest BCUT2D eigenvalue weighted by Gasteiger charge is 2.15. The maximum Gasteiger partial charge on any atom is 0.123 e. The van der Waals surface area contributed by atoms with E-state index in [9.17, 15) is 0 Å². The molecular weight excluding hydrogens is 278 g/mol. The zero-order valence-electron chi connectivity index (χ0n) is 11.9. The van der Waals surface area contributed by atoms with Crippen LogP contribution in [0, 0.1) is 39.0 Å². The minimum Gasteiger partial charge on any atom is -0.276 e. The number of nitrogens with zero attached hydrogens (tertiary/aromatic N) is 2. The lowest BCUT2D eigenvalue weighted by Gasteiger charge is -2.19. The molecule has 19 heavy (non-hydrogen) atoms. The molecule has 0 bridgehead atoms. The van der Waals surface area contributed by atoms with Crippen molar-refractivity contribution in [2.45, 2.75) is 39.5 Å². The van der Waals surface area contributed by atoms with Gasteiger partial charge in [0, 0.05) is 4.90 Å². The number of nitriles is 1. The molecule has 0 aliphatic rings. The van der Waals surface area contributed by atoms with Gasteiger partial charge in [-0.1, -0.05) is 11.6 Å². The third-order valence-corrected chi connectivity index (χ3v) is 4.39. The lowest BCUT2D eigenvalue weighted by atomic mass is 9.98. The summed E-state index contributed by atoms with van der Waals surface area (Å²) in [5, 5.41) is 13.3. The second-order valence-electron chi connectivity index (χ2n) is 4.37. The summed E-state index contributed by atoms with van der Waals surface area (Å²) in [7, 11) is 0. The monoisotopic (exact) mass is 295 g/mol. The minimum absolute atomic E-state index is 0.418. The Morgan fingerprint density at radius 2 is 1.79 bits per heavy atom. The number of nitrogens with one attached hydrogen (secondary N) is 1. The van der Waals surface area contributed by atoms with Crippen molar-refractivity contribution in [1.29, 1.82) is 5.26 Å². The van der Waals surface area contributed by atoms with Gasteiger partial charge in [0.25, 0.3) is 0 Å². The van der Waals surface area contributed by atoms with Crippen molar-refractivity contribution in [1.82, 2.24) is 0 Å². The van der Waals surface area contributed by atoms with E-state index < -0.39 is 0 Å². The maximum atomic E-state index is 8.78. The Kier molecular flexibility index (Phi) is 5.71. The summed E-state index contributed by atoms with van der Waals surface area (Å²) in [6.07, 6.45) is 0.